The third-order valence-corrected chi connectivity index (χ3v) is 5.51. The number of carbonyl (C=O) groups is 1. The molecule has 0 saturated carbocycles. The molecule has 2 aliphatic heterocycles. The molecule has 1 aromatic heterocycles. The zero-order valence-electron chi connectivity index (χ0n) is 17.7. The Labute approximate surface area is 200 Å². The van der Waals surface area contributed by atoms with Crippen LogP contribution in [0.2, 0.25) is 0 Å². The molecule has 0 radical (unpaired) electrons. The molecule has 1 aromatic carbocycles. The van der Waals surface area contributed by atoms with Gasteiger partial charge in [-0.2, -0.15) is 0 Å². The van der Waals surface area contributed by atoms with E-state index in [1.165, 1.54) is 0 Å². The highest BCUT2D eigenvalue weighted by atomic mass is 127. The van der Waals surface area contributed by atoms with E-state index in [1.807, 2.05) is 41.3 Å². The highest BCUT2D eigenvalue weighted by molar-refractivity contribution is 14.0. The van der Waals surface area contributed by atoms with E-state index in [4.69, 9.17) is 14.1 Å². The summed E-state index contributed by atoms with van der Waals surface area (Å²) < 4.78 is 11.1. The number of aliphatic imine (C=N–C) groups is 1. The van der Waals surface area contributed by atoms with Gasteiger partial charge >= 0.3 is 0 Å². The van der Waals surface area contributed by atoms with Crippen LogP contribution < -0.4 is 15.5 Å². The molecule has 2 N–H and O–H groups in total. The number of furan rings is 1. The van der Waals surface area contributed by atoms with Crippen LogP contribution >= 0.6 is 24.0 Å². The van der Waals surface area contributed by atoms with Gasteiger partial charge in [0, 0.05) is 44.8 Å². The van der Waals surface area contributed by atoms with E-state index in [-0.39, 0.29) is 36.0 Å². The Morgan fingerprint density at radius 3 is 2.71 bits per heavy atom. The van der Waals surface area contributed by atoms with E-state index in [1.54, 1.807) is 6.26 Å². The summed E-state index contributed by atoms with van der Waals surface area (Å²) in [4.78, 5) is 18.5. The van der Waals surface area contributed by atoms with Crippen molar-refractivity contribution in [2.45, 2.75) is 44.8 Å². The Hall–Kier alpha value is -2.07. The van der Waals surface area contributed by atoms with E-state index in [0.717, 1.165) is 74.9 Å². The summed E-state index contributed by atoms with van der Waals surface area (Å²) in [6.45, 7) is 3.71. The normalized spacial score (nSPS) is 18.8. The lowest BCUT2D eigenvalue weighted by Crippen LogP contribution is -2.41. The number of anilines is 1. The monoisotopic (exact) mass is 538 g/mol. The number of rotatable bonds is 8. The summed E-state index contributed by atoms with van der Waals surface area (Å²) in [5.74, 6) is 1.94. The summed E-state index contributed by atoms with van der Waals surface area (Å²) in [7, 11) is 0. The Morgan fingerprint density at radius 2 is 2.03 bits per heavy atom. The Morgan fingerprint density at radius 1 is 1.16 bits per heavy atom. The Kier molecular flexibility index (Phi) is 9.20. The van der Waals surface area contributed by atoms with Crippen molar-refractivity contribution in [3.05, 3.63) is 54.0 Å². The number of ether oxygens (including phenoxy) is 1. The average molecular weight is 538 g/mol. The number of amides is 1. The van der Waals surface area contributed by atoms with Gasteiger partial charge in [-0.3, -0.25) is 4.79 Å². The minimum absolute atomic E-state index is 0. The number of nitrogens with zero attached hydrogens (tertiary/aromatic N) is 2. The van der Waals surface area contributed by atoms with Crippen LogP contribution in [0.15, 0.2) is 52.1 Å². The van der Waals surface area contributed by atoms with E-state index >= 15 is 0 Å². The number of hydrogen-bond acceptors (Lipinski definition) is 4. The lowest BCUT2D eigenvalue weighted by molar-refractivity contribution is -0.117. The molecule has 1 unspecified atom stereocenters. The molecule has 0 aliphatic carbocycles. The quantitative estimate of drug-likeness (QED) is 0.306. The number of carbonyl (C=O) groups excluding carboxylic acids is 1. The van der Waals surface area contributed by atoms with Gasteiger partial charge in [0.1, 0.15) is 5.76 Å². The fourth-order valence-corrected chi connectivity index (χ4v) is 3.82. The molecular formula is C23H31IN4O3. The topological polar surface area (TPSA) is 79.1 Å². The van der Waals surface area contributed by atoms with Crippen LogP contribution in [0.1, 0.15) is 37.0 Å². The molecule has 0 bridgehead atoms. The summed E-state index contributed by atoms with van der Waals surface area (Å²) in [6, 6.07) is 12.0. The predicted octanol–water partition coefficient (Wildman–Crippen LogP) is 3.48. The highest BCUT2D eigenvalue weighted by Crippen LogP contribution is 2.21. The number of benzene rings is 1. The molecule has 2 aliphatic rings. The van der Waals surface area contributed by atoms with Crippen LogP contribution in [0, 0.1) is 0 Å². The Balaban J connectivity index is 0.00000272. The SMILES string of the molecule is I.O=C1CCCN1c1ccc(CN=C(NCCc2ccco2)NCC2CCCO2)cc1. The summed E-state index contributed by atoms with van der Waals surface area (Å²) in [5, 5.41) is 6.79. The lowest BCUT2D eigenvalue weighted by atomic mass is 10.2. The molecule has 168 valence electrons. The van der Waals surface area contributed by atoms with E-state index < -0.39 is 0 Å². The average Bonchev–Trinajstić information content (AvgIpc) is 3.53. The van der Waals surface area contributed by atoms with Gasteiger partial charge in [0.15, 0.2) is 5.96 Å². The standard InChI is InChI=1S/C23H30N4O3.HI/c28-22-6-1-13-27(22)19-9-7-18(8-10-19)16-25-23(26-17-21-5-3-15-30-21)24-12-11-20-4-2-14-29-20;/h2,4,7-10,14,21H,1,3,5-6,11-13,15-17H2,(H2,24,25,26);1H. The molecule has 2 aromatic rings. The molecule has 0 spiro atoms. The zero-order valence-corrected chi connectivity index (χ0v) is 20.0. The van der Waals surface area contributed by atoms with Crippen LogP contribution in [0.5, 0.6) is 0 Å². The van der Waals surface area contributed by atoms with Crippen LogP contribution in [0.4, 0.5) is 5.69 Å². The molecule has 3 heterocycles. The first kappa shape index (κ1) is 23.6. The van der Waals surface area contributed by atoms with E-state index in [9.17, 15) is 4.79 Å². The molecule has 7 nitrogen and oxygen atoms in total. The molecular weight excluding hydrogens is 507 g/mol. The fraction of sp³-hybridized carbons (Fsp3) is 0.478. The van der Waals surface area contributed by atoms with Crippen molar-refractivity contribution in [1.29, 1.82) is 0 Å². The van der Waals surface area contributed by atoms with Crippen LogP contribution in [0.25, 0.3) is 0 Å². The van der Waals surface area contributed by atoms with Gasteiger partial charge in [0.2, 0.25) is 5.91 Å². The zero-order chi connectivity index (χ0) is 20.6. The van der Waals surface area contributed by atoms with Gasteiger partial charge in [-0.15, -0.1) is 24.0 Å². The maximum absolute atomic E-state index is 11.9. The van der Waals surface area contributed by atoms with Gasteiger partial charge in [-0.05, 0) is 49.1 Å². The molecule has 2 saturated heterocycles. The van der Waals surface area contributed by atoms with Crippen molar-refractivity contribution < 1.29 is 13.9 Å². The Bertz CT molecular complexity index is 833. The summed E-state index contributed by atoms with van der Waals surface area (Å²) in [5.41, 5.74) is 2.08. The maximum Gasteiger partial charge on any atom is 0.227 e. The van der Waals surface area contributed by atoms with E-state index in [0.29, 0.717) is 13.0 Å². The fourth-order valence-electron chi connectivity index (χ4n) is 3.82. The predicted molar refractivity (Wildman–Crippen MR) is 132 cm³/mol. The van der Waals surface area contributed by atoms with Crippen molar-refractivity contribution in [2.24, 2.45) is 4.99 Å². The van der Waals surface area contributed by atoms with Gasteiger partial charge < -0.3 is 24.7 Å². The largest absolute Gasteiger partial charge is 0.469 e. The third kappa shape index (κ3) is 6.96. The second-order valence-corrected chi connectivity index (χ2v) is 7.75. The molecule has 4 rings (SSSR count). The van der Waals surface area contributed by atoms with Crippen molar-refractivity contribution in [3.63, 3.8) is 0 Å². The summed E-state index contributed by atoms with van der Waals surface area (Å²) >= 11 is 0. The van der Waals surface area contributed by atoms with Crippen LogP contribution in [0.3, 0.4) is 0 Å². The first-order chi connectivity index (χ1) is 14.8. The second kappa shape index (κ2) is 12.1. The van der Waals surface area contributed by atoms with Gasteiger partial charge in [0.25, 0.3) is 0 Å². The van der Waals surface area contributed by atoms with Crippen LogP contribution in [-0.2, 0) is 22.5 Å². The molecule has 1 amide bonds. The van der Waals surface area contributed by atoms with Gasteiger partial charge in [-0.25, -0.2) is 4.99 Å². The number of nitrogens with one attached hydrogen (secondary N) is 2. The number of guanidine groups is 1. The number of halogens is 1. The van der Waals surface area contributed by atoms with Crippen molar-refractivity contribution in [2.75, 3.05) is 31.1 Å². The van der Waals surface area contributed by atoms with Crippen LogP contribution in [-0.4, -0.2) is 44.2 Å². The molecule has 2 fully saturated rings. The highest BCUT2D eigenvalue weighted by Gasteiger charge is 2.21. The second-order valence-electron chi connectivity index (χ2n) is 7.75. The van der Waals surface area contributed by atoms with Gasteiger partial charge in [-0.1, -0.05) is 12.1 Å². The molecule has 1 atom stereocenters. The lowest BCUT2D eigenvalue weighted by Gasteiger charge is -2.16. The minimum atomic E-state index is 0. The molecule has 8 heteroatoms. The van der Waals surface area contributed by atoms with E-state index in [2.05, 4.69) is 10.6 Å². The smallest absolute Gasteiger partial charge is 0.227 e. The summed E-state index contributed by atoms with van der Waals surface area (Å²) in [6.07, 6.45) is 6.54. The first-order valence-corrected chi connectivity index (χ1v) is 10.8. The first-order valence-electron chi connectivity index (χ1n) is 10.8. The minimum Gasteiger partial charge on any atom is -0.469 e. The molecule has 31 heavy (non-hydrogen) atoms. The van der Waals surface area contributed by atoms with Crippen molar-refractivity contribution >= 4 is 41.5 Å². The van der Waals surface area contributed by atoms with Crippen molar-refractivity contribution in [1.82, 2.24) is 10.6 Å². The number of hydrogen-bond donors (Lipinski definition) is 2. The third-order valence-electron chi connectivity index (χ3n) is 5.51. The van der Waals surface area contributed by atoms with Gasteiger partial charge in [0.05, 0.1) is 18.9 Å². The maximum atomic E-state index is 11.9. The van der Waals surface area contributed by atoms with Crippen molar-refractivity contribution in [3.8, 4) is 0 Å².